The monoisotopic (exact) mass is 1980 g/mol. The number of rotatable bonds is 44. The van der Waals surface area contributed by atoms with Gasteiger partial charge in [-0.25, -0.2) is 4.79 Å². The third-order valence-electron chi connectivity index (χ3n) is 28.9. The smallest absolute Gasteiger partial charge is 0.407 e. The Balaban J connectivity index is 0.000000317. The van der Waals surface area contributed by atoms with Gasteiger partial charge in [0.2, 0.25) is 11.8 Å². The molecular formula is C111H172N4O26. The van der Waals surface area contributed by atoms with Crippen molar-refractivity contribution >= 4 is 64.7 Å². The van der Waals surface area contributed by atoms with Crippen LogP contribution in [-0.4, -0.2) is 227 Å². The first-order valence-electron chi connectivity index (χ1n) is 51.8. The van der Waals surface area contributed by atoms with Crippen LogP contribution in [0.5, 0.6) is 0 Å². The van der Waals surface area contributed by atoms with Gasteiger partial charge in [-0.2, -0.15) is 0 Å². The molecule has 0 radical (unpaired) electrons. The normalized spacial score (nSPS) is 26.2. The number of carbonyl (C=O) groups is 11. The van der Waals surface area contributed by atoms with Crippen molar-refractivity contribution in [2.75, 3.05) is 66.4 Å². The number of hydrogen-bond acceptors (Lipinski definition) is 27. The van der Waals surface area contributed by atoms with Gasteiger partial charge in [0.05, 0.1) is 50.2 Å². The minimum Gasteiger partial charge on any atom is -0.465 e. The summed E-state index contributed by atoms with van der Waals surface area (Å²) < 4.78 is 68.8. The van der Waals surface area contributed by atoms with Crippen LogP contribution in [0.4, 0.5) is 4.79 Å². The van der Waals surface area contributed by atoms with E-state index in [9.17, 15) is 68.1 Å². The van der Waals surface area contributed by atoms with Gasteiger partial charge < -0.3 is 88.1 Å². The quantitative estimate of drug-likeness (QED) is 0.0123. The van der Waals surface area contributed by atoms with E-state index in [0.717, 1.165) is 41.5 Å². The molecule has 0 bridgehead atoms. The van der Waals surface area contributed by atoms with E-state index < -0.39 is 86.0 Å². The molecule has 3 amide bonds. The first-order valence-corrected chi connectivity index (χ1v) is 51.8. The molecule has 6 aliphatic rings. The Kier molecular flexibility index (Phi) is 54.8. The van der Waals surface area contributed by atoms with Crippen LogP contribution in [0, 0.1) is 82.9 Å². The van der Waals surface area contributed by atoms with E-state index in [1.54, 1.807) is 34.7 Å². The fourth-order valence-electron chi connectivity index (χ4n) is 18.1. The molecule has 4 saturated heterocycles. The second kappa shape index (κ2) is 62.9. The third-order valence-corrected chi connectivity index (χ3v) is 28.9. The summed E-state index contributed by atoms with van der Waals surface area (Å²) in [5.41, 5.74) is 9.56. The Morgan fingerprint density at radius 2 is 0.823 bits per heavy atom. The summed E-state index contributed by atoms with van der Waals surface area (Å²) in [5.74, 6) is -1.28. The summed E-state index contributed by atoms with van der Waals surface area (Å²) in [6.45, 7) is 49.4. The number of fused-ring (bicyclic) bond motifs is 6. The molecule has 30 nitrogen and oxygen atoms in total. The number of amides is 3. The zero-order chi connectivity index (χ0) is 105. The standard InChI is InChI=1S/C33H43NO7.C24H44N2O5.C20H35NO8.C17H16O2.C14H26O4.C3H8/c1-7-12-29(36)31(22(5)40-32-21(4)19(2)20(3)30(41-32)18-38-23(6)35)34-33(37)39-17-28-26-15-10-8-13-24(26)25-14-9-11-16-27(25)28;1-9-14(4)22(29)26-13-19(27)12-18(10-2)21(28)23(25-8)31-24-17(7)15(5)16(6)20(11-3)30-24;1-5-11(3)19(27)21-8-14(23)7-13(6-2)15(24)10-28-20-12(4)17(25)18(26)16(9-22)29-20;1-2-17(18)19-11-16-14-9-5-3-7-12(14)13-8-4-6-10-15(13)16;1-6-7-16-14-11(4)9(2)10(3)13(18-14)8-17-12(5)15;1-3-2/h8-11,13-16,19-22,28,30-32H,7,12,17-18H2,1-6H3,(H,34,37);14-18,20,23-25H,9-13H2,1-8H3,(H,26,29);11-13,16-18,20,22,25-26H,5-10H2,1-4H3,(H,21,27);3-10,16H,2,11H2,1H3;9-11,13-14H,6-8H2,1-5H3;3H2,1-2H3/t19-,20+,21?,22+,30?,31-,32-;14?,15?,16-,17+,18?,20?,23?,24-;11?,12?,13?,16?,17-,18+,20+;;9-,10+,11?,13?,14-;/m001.0./s1. The summed E-state index contributed by atoms with van der Waals surface area (Å²) in [6.07, 6.45) is -1.17. The minimum absolute atomic E-state index is 0.00115. The summed E-state index contributed by atoms with van der Waals surface area (Å²) >= 11 is 0. The number of carbonyl (C=O) groups excluding carboxylic acids is 11. The summed E-state index contributed by atoms with van der Waals surface area (Å²) in [4.78, 5) is 134. The molecule has 7 N–H and O–H groups in total. The van der Waals surface area contributed by atoms with Gasteiger partial charge in [-0.3, -0.25) is 53.3 Å². The lowest BCUT2D eigenvalue weighted by molar-refractivity contribution is -0.280. The van der Waals surface area contributed by atoms with Crippen LogP contribution in [0.2, 0.25) is 0 Å². The lowest BCUT2D eigenvalue weighted by Gasteiger charge is -2.44. The van der Waals surface area contributed by atoms with Gasteiger partial charge in [0.1, 0.15) is 51.3 Å². The number of likely N-dealkylation sites (N-methyl/N-ethyl adjacent to an activating group) is 1. The van der Waals surface area contributed by atoms with Crippen molar-refractivity contribution in [3.05, 3.63) is 119 Å². The van der Waals surface area contributed by atoms with E-state index in [2.05, 4.69) is 165 Å². The molecule has 4 aromatic carbocycles. The van der Waals surface area contributed by atoms with Crippen molar-refractivity contribution in [3.8, 4) is 22.3 Å². The fraction of sp³-hybridized carbons (Fsp3) is 0.685. The maximum absolute atomic E-state index is 13.1. The Bertz CT molecular complexity index is 4410. The van der Waals surface area contributed by atoms with Crippen molar-refractivity contribution in [2.24, 2.45) is 82.9 Å². The highest BCUT2D eigenvalue weighted by Gasteiger charge is 2.47. The van der Waals surface area contributed by atoms with Crippen molar-refractivity contribution < 1.29 is 125 Å². The predicted octanol–water partition coefficient (Wildman–Crippen LogP) is 16.7. The molecule has 0 saturated carbocycles. The molecule has 2 aliphatic carbocycles. The number of alkyl carbamates (subject to hydrolysis) is 1. The van der Waals surface area contributed by atoms with E-state index >= 15 is 0 Å². The first-order chi connectivity index (χ1) is 67.1. The van der Waals surface area contributed by atoms with E-state index in [0.29, 0.717) is 87.9 Å². The van der Waals surface area contributed by atoms with E-state index in [1.165, 1.54) is 42.5 Å². The number of hydrogen-bond donors (Lipinski definition) is 7. The molecule has 4 aromatic rings. The van der Waals surface area contributed by atoms with Crippen molar-refractivity contribution in [1.29, 1.82) is 0 Å². The van der Waals surface area contributed by atoms with Crippen LogP contribution < -0.4 is 21.3 Å². The molecule has 30 heteroatoms. The molecule has 0 spiro atoms. The average Bonchev–Trinajstić information content (AvgIpc) is 1.62. The van der Waals surface area contributed by atoms with Crippen LogP contribution >= 0.6 is 0 Å². The molecule has 4 fully saturated rings. The van der Waals surface area contributed by atoms with Gasteiger partial charge in [-0.05, 0) is 139 Å². The molecule has 141 heavy (non-hydrogen) atoms. The highest BCUT2D eigenvalue weighted by atomic mass is 16.7. The molecule has 13 unspecified atom stereocenters. The molecule has 4 aliphatic heterocycles. The zero-order valence-electron chi connectivity index (χ0n) is 89.1. The molecule has 10 rings (SSSR count). The predicted molar refractivity (Wildman–Crippen MR) is 540 cm³/mol. The maximum atomic E-state index is 13.1. The maximum Gasteiger partial charge on any atom is 0.407 e. The zero-order valence-corrected chi connectivity index (χ0v) is 89.1. The summed E-state index contributed by atoms with van der Waals surface area (Å²) in [5, 5.41) is 40.1. The number of esters is 3. The Morgan fingerprint density at radius 3 is 1.23 bits per heavy atom. The number of aliphatic hydroxyl groups excluding tert-OH is 3. The number of Topliss-reactive ketones (excluding diaryl/α,β-unsaturated/α-hetero) is 5. The van der Waals surface area contributed by atoms with Crippen LogP contribution in [0.15, 0.2) is 97.1 Å². The SMILES string of the molecule is CCC.CCC(=O)OCC1c2ccccc2-c2ccccc21.CCC(C)C(=O)NCC(=O)CC(CC)C(=O)C(NC)O[C@@H]1OC(CC)[C@@H](C)C(C)[C@H]1C.CCC(C)C(=O)NCC(=O)CC(CC)C(=O)CO[C@H]1OC(CO)[C@H](O)[C@H](O)C1C.CCCC(=O)[C@@H](NC(=O)OCC1c2ccccc2-c2ccccc21)[C@@H](C)O[C@H]1OC(COC(C)=O)[C@H](C)[C@H](C)C1C.CCCO[C@H]1OC(COC(C)=O)[C@H](C)[C@H](C)C1C. The highest BCUT2D eigenvalue weighted by Crippen LogP contribution is 2.47. The second-order valence-corrected chi connectivity index (χ2v) is 39.0. The van der Waals surface area contributed by atoms with Crippen LogP contribution in [0.1, 0.15) is 284 Å². The second-order valence-electron chi connectivity index (χ2n) is 39.0. The van der Waals surface area contributed by atoms with E-state index in [-0.39, 0.29) is 176 Å². The highest BCUT2D eigenvalue weighted by molar-refractivity contribution is 5.93. The van der Waals surface area contributed by atoms with Gasteiger partial charge in [-0.1, -0.05) is 256 Å². The van der Waals surface area contributed by atoms with Crippen LogP contribution in [0.25, 0.3) is 22.3 Å². The van der Waals surface area contributed by atoms with Crippen LogP contribution in [-0.2, 0) is 105 Å². The number of benzene rings is 4. The molecule has 792 valence electrons. The molecular weight excluding hydrogens is 1810 g/mol. The Labute approximate surface area is 839 Å². The van der Waals surface area contributed by atoms with Gasteiger partial charge in [0.25, 0.3) is 0 Å². The van der Waals surface area contributed by atoms with Crippen molar-refractivity contribution in [2.45, 2.75) is 342 Å². The molecule has 0 aromatic heterocycles. The average molecular weight is 1980 g/mol. The largest absolute Gasteiger partial charge is 0.465 e. The Morgan fingerprint density at radius 1 is 0.426 bits per heavy atom. The molecule has 4 heterocycles. The lowest BCUT2D eigenvalue weighted by Crippen LogP contribution is -2.55. The van der Waals surface area contributed by atoms with Gasteiger partial charge >= 0.3 is 24.0 Å². The number of ether oxygens (including phenoxy) is 12. The van der Waals surface area contributed by atoms with Crippen LogP contribution in [0.3, 0.4) is 0 Å². The number of nitrogens with one attached hydrogen (secondary N) is 4. The summed E-state index contributed by atoms with van der Waals surface area (Å²) in [6, 6.07) is 32.1. The lowest BCUT2D eigenvalue weighted by atomic mass is 9.78. The van der Waals surface area contributed by atoms with Crippen molar-refractivity contribution in [1.82, 2.24) is 21.3 Å². The topological polar surface area (TPSA) is 407 Å². The van der Waals surface area contributed by atoms with Gasteiger partial charge in [0.15, 0.2) is 60.3 Å². The number of aliphatic hydroxyl groups is 3. The fourth-order valence-corrected chi connectivity index (χ4v) is 18.1. The third kappa shape index (κ3) is 36.5. The van der Waals surface area contributed by atoms with Gasteiger partial charge in [0, 0.05) is 105 Å². The minimum atomic E-state index is -1.24. The van der Waals surface area contributed by atoms with Gasteiger partial charge in [-0.15, -0.1) is 0 Å². The van der Waals surface area contributed by atoms with Crippen molar-refractivity contribution in [3.63, 3.8) is 0 Å². The number of ketones is 5. The van der Waals surface area contributed by atoms with E-state index in [4.69, 9.17) is 56.8 Å². The van der Waals surface area contributed by atoms with E-state index in [1.807, 2.05) is 84.9 Å². The summed E-state index contributed by atoms with van der Waals surface area (Å²) in [7, 11) is 1.68. The molecule has 27 atom stereocenters. The first kappa shape index (κ1) is 123. The Hall–Kier alpha value is -8.63.